The van der Waals surface area contributed by atoms with Crippen LogP contribution < -0.4 is 5.32 Å². The van der Waals surface area contributed by atoms with Crippen molar-refractivity contribution >= 4 is 11.3 Å². The molecule has 3 heterocycles. The average molecular weight is 261 g/mol. The molecule has 96 valence electrons. The molecule has 0 radical (unpaired) electrons. The van der Waals surface area contributed by atoms with Crippen molar-refractivity contribution in [1.29, 1.82) is 0 Å². The van der Waals surface area contributed by atoms with E-state index in [2.05, 4.69) is 41.3 Å². The van der Waals surface area contributed by atoms with E-state index in [-0.39, 0.29) is 6.04 Å². The van der Waals surface area contributed by atoms with Crippen LogP contribution in [0.5, 0.6) is 0 Å². The minimum absolute atomic E-state index is 0.283. The highest BCUT2D eigenvalue weighted by Gasteiger charge is 2.24. The molecule has 0 unspecified atom stereocenters. The van der Waals surface area contributed by atoms with Gasteiger partial charge in [-0.25, -0.2) is 4.98 Å². The van der Waals surface area contributed by atoms with E-state index < -0.39 is 0 Å². The van der Waals surface area contributed by atoms with Gasteiger partial charge in [-0.05, 0) is 24.5 Å². The molecule has 0 saturated heterocycles. The normalized spacial score (nSPS) is 19.2. The molecule has 1 aliphatic heterocycles. The number of thiophene rings is 1. The predicted molar refractivity (Wildman–Crippen MR) is 75.0 cm³/mol. The summed E-state index contributed by atoms with van der Waals surface area (Å²) >= 11 is 1.92. The fourth-order valence-corrected chi connectivity index (χ4v) is 3.82. The number of rotatable bonds is 3. The van der Waals surface area contributed by atoms with E-state index in [1.54, 1.807) is 0 Å². The number of H-pyrrole nitrogens is 1. The minimum atomic E-state index is 0.283. The Morgan fingerprint density at radius 3 is 3.17 bits per heavy atom. The summed E-state index contributed by atoms with van der Waals surface area (Å²) in [5.74, 6) is 0.719. The van der Waals surface area contributed by atoms with Gasteiger partial charge in [-0.2, -0.15) is 0 Å². The van der Waals surface area contributed by atoms with Crippen LogP contribution in [0.2, 0.25) is 0 Å². The molecule has 0 aromatic carbocycles. The van der Waals surface area contributed by atoms with Crippen LogP contribution in [-0.4, -0.2) is 16.5 Å². The highest BCUT2D eigenvalue weighted by molar-refractivity contribution is 7.12. The summed E-state index contributed by atoms with van der Waals surface area (Å²) in [6.45, 7) is 5.56. The topological polar surface area (TPSA) is 40.7 Å². The summed E-state index contributed by atoms with van der Waals surface area (Å²) in [4.78, 5) is 10.6. The lowest BCUT2D eigenvalue weighted by Gasteiger charge is -2.21. The van der Waals surface area contributed by atoms with Gasteiger partial charge in [0.1, 0.15) is 0 Å². The molecule has 0 bridgehead atoms. The number of nitrogens with zero attached hydrogens (tertiary/aromatic N) is 1. The number of hydrogen-bond donors (Lipinski definition) is 2. The first-order valence-electron chi connectivity index (χ1n) is 6.58. The third-order valence-corrected chi connectivity index (χ3v) is 4.50. The van der Waals surface area contributed by atoms with Gasteiger partial charge in [-0.3, -0.25) is 0 Å². The molecular formula is C14H19N3S. The summed E-state index contributed by atoms with van der Waals surface area (Å²) in [6.07, 6.45) is 4.04. The van der Waals surface area contributed by atoms with E-state index in [9.17, 15) is 0 Å². The average Bonchev–Trinajstić information content (AvgIpc) is 2.95. The predicted octanol–water partition coefficient (Wildman–Crippen LogP) is 2.90. The second-order valence-electron chi connectivity index (χ2n) is 5.31. The Morgan fingerprint density at radius 2 is 2.33 bits per heavy atom. The maximum Gasteiger partial charge on any atom is 0.0926 e. The molecular weight excluding hydrogens is 242 g/mol. The van der Waals surface area contributed by atoms with Gasteiger partial charge in [-0.1, -0.05) is 13.8 Å². The first-order chi connectivity index (χ1) is 8.74. The number of aromatic nitrogens is 2. The van der Waals surface area contributed by atoms with E-state index in [0.29, 0.717) is 0 Å². The van der Waals surface area contributed by atoms with Gasteiger partial charge in [0.05, 0.1) is 18.1 Å². The Labute approximate surface area is 112 Å². The zero-order chi connectivity index (χ0) is 12.5. The molecule has 3 nitrogen and oxygen atoms in total. The van der Waals surface area contributed by atoms with Gasteiger partial charge in [0.15, 0.2) is 0 Å². The Bertz CT molecular complexity index is 527. The summed E-state index contributed by atoms with van der Waals surface area (Å²) in [5, 5.41) is 3.57. The van der Waals surface area contributed by atoms with E-state index in [1.165, 1.54) is 27.6 Å². The van der Waals surface area contributed by atoms with Crippen LogP contribution in [0.3, 0.4) is 0 Å². The van der Waals surface area contributed by atoms with E-state index in [0.717, 1.165) is 18.9 Å². The van der Waals surface area contributed by atoms with Crippen LogP contribution in [-0.2, 0) is 12.8 Å². The number of aromatic amines is 1. The molecule has 0 aliphatic carbocycles. The van der Waals surface area contributed by atoms with Gasteiger partial charge in [0.25, 0.3) is 0 Å². The number of imidazole rings is 1. The van der Waals surface area contributed by atoms with Crippen molar-refractivity contribution in [2.24, 2.45) is 5.92 Å². The molecule has 0 saturated carbocycles. The van der Waals surface area contributed by atoms with Crippen molar-refractivity contribution in [3.63, 3.8) is 0 Å². The minimum Gasteiger partial charge on any atom is -0.348 e. The summed E-state index contributed by atoms with van der Waals surface area (Å²) in [5.41, 5.74) is 2.47. The molecule has 18 heavy (non-hydrogen) atoms. The van der Waals surface area contributed by atoms with Crippen LogP contribution in [0.15, 0.2) is 18.5 Å². The molecule has 0 fully saturated rings. The number of nitrogens with one attached hydrogen (secondary N) is 2. The lowest BCUT2D eigenvalue weighted by atomic mass is 10.0. The Hall–Kier alpha value is -1.13. The third-order valence-electron chi connectivity index (χ3n) is 3.32. The molecule has 4 heteroatoms. The van der Waals surface area contributed by atoms with Crippen molar-refractivity contribution in [2.75, 3.05) is 6.54 Å². The summed E-state index contributed by atoms with van der Waals surface area (Å²) < 4.78 is 0. The Kier molecular flexibility index (Phi) is 3.22. The molecule has 2 aromatic rings. The van der Waals surface area contributed by atoms with Crippen molar-refractivity contribution in [3.05, 3.63) is 39.6 Å². The molecule has 2 N–H and O–H groups in total. The maximum absolute atomic E-state index is 4.47. The lowest BCUT2D eigenvalue weighted by molar-refractivity contribution is 0.560. The molecule has 3 rings (SSSR count). The fraction of sp³-hybridized carbons (Fsp3) is 0.500. The molecule has 0 spiro atoms. The zero-order valence-electron chi connectivity index (χ0n) is 10.9. The zero-order valence-corrected chi connectivity index (χ0v) is 11.7. The number of fused-ring (bicyclic) bond motifs is 1. The summed E-state index contributed by atoms with van der Waals surface area (Å²) in [7, 11) is 0. The first-order valence-corrected chi connectivity index (χ1v) is 7.40. The molecule has 0 amide bonds. The van der Waals surface area contributed by atoms with Crippen LogP contribution in [0.25, 0.3) is 0 Å². The van der Waals surface area contributed by atoms with Gasteiger partial charge in [0.2, 0.25) is 0 Å². The van der Waals surface area contributed by atoms with Gasteiger partial charge in [-0.15, -0.1) is 11.3 Å². The first kappa shape index (κ1) is 11.9. The molecule has 1 aliphatic rings. The maximum atomic E-state index is 4.47. The van der Waals surface area contributed by atoms with E-state index in [1.807, 2.05) is 17.7 Å². The quantitative estimate of drug-likeness (QED) is 0.892. The van der Waals surface area contributed by atoms with Crippen molar-refractivity contribution < 1.29 is 0 Å². The van der Waals surface area contributed by atoms with E-state index in [4.69, 9.17) is 0 Å². The van der Waals surface area contributed by atoms with Gasteiger partial charge < -0.3 is 10.3 Å². The van der Waals surface area contributed by atoms with Gasteiger partial charge >= 0.3 is 0 Å². The fourth-order valence-electron chi connectivity index (χ4n) is 2.52. The second-order valence-corrected chi connectivity index (χ2v) is 6.51. The van der Waals surface area contributed by atoms with E-state index >= 15 is 0 Å². The van der Waals surface area contributed by atoms with Crippen molar-refractivity contribution in [1.82, 2.24) is 15.3 Å². The number of hydrogen-bond acceptors (Lipinski definition) is 3. The van der Waals surface area contributed by atoms with Crippen LogP contribution in [0, 0.1) is 5.92 Å². The lowest BCUT2D eigenvalue weighted by Crippen LogP contribution is -2.30. The SMILES string of the molecule is CC(C)Cc1ccc([C@H]2NCCc3[nH]cnc32)s1. The third kappa shape index (κ3) is 2.22. The molecule has 2 aromatic heterocycles. The summed E-state index contributed by atoms with van der Waals surface area (Å²) in [6, 6.07) is 4.80. The van der Waals surface area contributed by atoms with Crippen LogP contribution in [0.1, 0.15) is 41.0 Å². The smallest absolute Gasteiger partial charge is 0.0926 e. The van der Waals surface area contributed by atoms with Gasteiger partial charge in [0, 0.05) is 28.4 Å². The van der Waals surface area contributed by atoms with Crippen LogP contribution in [0.4, 0.5) is 0 Å². The second kappa shape index (κ2) is 4.86. The van der Waals surface area contributed by atoms with Crippen molar-refractivity contribution in [3.8, 4) is 0 Å². The standard InChI is InChI=1S/C14H19N3S/c1-9(2)7-10-3-4-12(18-10)14-13-11(5-6-15-14)16-8-17-13/h3-4,8-9,14-15H,5-7H2,1-2H3,(H,16,17)/t14-/m1/s1. The Balaban J connectivity index is 1.86. The largest absolute Gasteiger partial charge is 0.348 e. The monoisotopic (exact) mass is 261 g/mol. The van der Waals surface area contributed by atoms with Crippen LogP contribution >= 0.6 is 11.3 Å². The highest BCUT2D eigenvalue weighted by atomic mass is 32.1. The Morgan fingerprint density at radius 1 is 1.44 bits per heavy atom. The molecule has 1 atom stereocenters. The van der Waals surface area contributed by atoms with Crippen molar-refractivity contribution in [2.45, 2.75) is 32.7 Å². The highest BCUT2D eigenvalue weighted by Crippen LogP contribution is 2.31.